The molecule has 0 fully saturated rings. The normalized spacial score (nSPS) is 12.6. The maximum absolute atomic E-state index is 9.38. The molecule has 0 aromatic heterocycles. The van der Waals surface area contributed by atoms with Gasteiger partial charge in [-0.1, -0.05) is 18.2 Å². The summed E-state index contributed by atoms with van der Waals surface area (Å²) >= 11 is 0. The van der Waals surface area contributed by atoms with Gasteiger partial charge in [0.05, 0.1) is 13.2 Å². The fraction of sp³-hybridized carbons (Fsp3) is 0.333. The van der Waals surface area contributed by atoms with Crippen LogP contribution in [-0.2, 0) is 0 Å². The lowest BCUT2D eigenvalue weighted by atomic mass is 9.91. The van der Waals surface area contributed by atoms with Crippen LogP contribution in [0.3, 0.4) is 0 Å². The molecule has 0 radical (unpaired) electrons. The van der Waals surface area contributed by atoms with Gasteiger partial charge in [-0.2, -0.15) is 0 Å². The highest BCUT2D eigenvalue weighted by Crippen LogP contribution is 2.21. The van der Waals surface area contributed by atoms with Crippen molar-refractivity contribution in [3.05, 3.63) is 23.8 Å². The molecule has 0 amide bonds. The molecule has 0 heterocycles. The Morgan fingerprint density at radius 2 is 2.17 bits per heavy atom. The predicted molar refractivity (Wildman–Crippen MR) is 51.8 cm³/mol. The van der Waals surface area contributed by atoms with Crippen molar-refractivity contribution in [2.45, 2.75) is 13.0 Å². The van der Waals surface area contributed by atoms with Crippen molar-refractivity contribution < 1.29 is 9.84 Å². The van der Waals surface area contributed by atoms with Gasteiger partial charge >= 0.3 is 0 Å². The second-order valence-electron chi connectivity index (χ2n) is 2.87. The summed E-state index contributed by atoms with van der Waals surface area (Å²) in [6.45, 7) is 1.73. The minimum atomic E-state index is -0.472. The van der Waals surface area contributed by atoms with E-state index in [9.17, 15) is 5.11 Å². The summed E-state index contributed by atoms with van der Waals surface area (Å²) in [5, 5.41) is 9.38. The lowest BCUT2D eigenvalue weighted by Crippen LogP contribution is -2.10. The summed E-state index contributed by atoms with van der Waals surface area (Å²) in [6.07, 6.45) is -0.472. The molecular formula is C9H13BO2. The molecule has 64 valence electrons. The van der Waals surface area contributed by atoms with Gasteiger partial charge in [-0.15, -0.1) is 0 Å². The second kappa shape index (κ2) is 3.63. The molecule has 12 heavy (non-hydrogen) atoms. The lowest BCUT2D eigenvalue weighted by molar-refractivity contribution is 0.194. The molecule has 0 saturated carbocycles. The van der Waals surface area contributed by atoms with Crippen LogP contribution in [0.4, 0.5) is 0 Å². The highest BCUT2D eigenvalue weighted by molar-refractivity contribution is 6.34. The zero-order valence-corrected chi connectivity index (χ0v) is 7.66. The number of para-hydroxylation sites is 1. The molecule has 0 aliphatic rings. The number of aliphatic hydroxyl groups excluding tert-OH is 1. The molecule has 2 nitrogen and oxygen atoms in total. The van der Waals surface area contributed by atoms with Crippen molar-refractivity contribution in [3.8, 4) is 5.75 Å². The van der Waals surface area contributed by atoms with Gasteiger partial charge in [-0.25, -0.2) is 0 Å². The number of benzene rings is 1. The lowest BCUT2D eigenvalue weighted by Gasteiger charge is -2.12. The van der Waals surface area contributed by atoms with Crippen LogP contribution in [0, 0.1) is 0 Å². The van der Waals surface area contributed by atoms with Crippen LogP contribution in [0.1, 0.15) is 18.6 Å². The summed E-state index contributed by atoms with van der Waals surface area (Å²) in [7, 11) is 3.58. The van der Waals surface area contributed by atoms with E-state index < -0.39 is 6.10 Å². The molecule has 0 spiro atoms. The molecule has 0 saturated heterocycles. The predicted octanol–water partition coefficient (Wildman–Crippen LogP) is 0.00690. The van der Waals surface area contributed by atoms with Crippen LogP contribution in [0.25, 0.3) is 0 Å². The smallest absolute Gasteiger partial charge is 0.144 e. The summed E-state index contributed by atoms with van der Waals surface area (Å²) in [5.41, 5.74) is 1.90. The Morgan fingerprint density at radius 1 is 1.50 bits per heavy atom. The molecule has 1 N–H and O–H groups in total. The van der Waals surface area contributed by atoms with E-state index >= 15 is 0 Å². The van der Waals surface area contributed by atoms with E-state index in [0.29, 0.717) is 0 Å². The molecule has 1 rings (SSSR count). The zero-order valence-electron chi connectivity index (χ0n) is 7.66. The molecule has 1 aromatic rings. The fourth-order valence-electron chi connectivity index (χ4n) is 1.28. The second-order valence-corrected chi connectivity index (χ2v) is 2.87. The topological polar surface area (TPSA) is 29.5 Å². The van der Waals surface area contributed by atoms with Gasteiger partial charge in [0, 0.05) is 5.56 Å². The SMILES string of the molecule is Bc1cccc([C@H](C)O)c1OC. The first-order valence-corrected chi connectivity index (χ1v) is 3.98. The third kappa shape index (κ3) is 1.61. The summed E-state index contributed by atoms with van der Waals surface area (Å²) in [6, 6.07) is 5.75. The Labute approximate surface area is 73.6 Å². The minimum Gasteiger partial charge on any atom is -0.497 e. The number of ether oxygens (including phenoxy) is 1. The van der Waals surface area contributed by atoms with Crippen molar-refractivity contribution in [3.63, 3.8) is 0 Å². The molecule has 0 bridgehead atoms. The van der Waals surface area contributed by atoms with Gasteiger partial charge in [0.25, 0.3) is 0 Å². The number of hydrogen-bond acceptors (Lipinski definition) is 2. The first-order chi connectivity index (χ1) is 5.66. The van der Waals surface area contributed by atoms with E-state index in [4.69, 9.17) is 4.74 Å². The molecule has 1 aromatic carbocycles. The maximum atomic E-state index is 9.38. The summed E-state index contributed by atoms with van der Waals surface area (Å²) in [5.74, 6) is 0.785. The van der Waals surface area contributed by atoms with Gasteiger partial charge < -0.3 is 9.84 Å². The largest absolute Gasteiger partial charge is 0.497 e. The summed E-state index contributed by atoms with van der Waals surface area (Å²) < 4.78 is 5.18. The monoisotopic (exact) mass is 164 g/mol. The molecule has 0 aliphatic carbocycles. The highest BCUT2D eigenvalue weighted by atomic mass is 16.5. The number of hydrogen-bond donors (Lipinski definition) is 1. The minimum absolute atomic E-state index is 0.472. The van der Waals surface area contributed by atoms with Crippen LogP contribution in [0.5, 0.6) is 5.75 Å². The number of aliphatic hydroxyl groups is 1. The van der Waals surface area contributed by atoms with Gasteiger partial charge in [0.15, 0.2) is 0 Å². The van der Waals surface area contributed by atoms with E-state index in [1.54, 1.807) is 14.0 Å². The van der Waals surface area contributed by atoms with Crippen molar-refractivity contribution in [1.29, 1.82) is 0 Å². The van der Waals surface area contributed by atoms with Crippen molar-refractivity contribution in [1.82, 2.24) is 0 Å². The van der Waals surface area contributed by atoms with Crippen LogP contribution in [0.15, 0.2) is 18.2 Å². The summed E-state index contributed by atoms with van der Waals surface area (Å²) in [4.78, 5) is 0. The average molecular weight is 164 g/mol. The quantitative estimate of drug-likeness (QED) is 0.623. The number of rotatable bonds is 2. The fourth-order valence-corrected chi connectivity index (χ4v) is 1.28. The molecular weight excluding hydrogens is 151 g/mol. The third-order valence-corrected chi connectivity index (χ3v) is 1.90. The van der Waals surface area contributed by atoms with E-state index in [1.165, 1.54) is 0 Å². The maximum Gasteiger partial charge on any atom is 0.144 e. The standard InChI is InChI=1S/C9H13BO2/c1-6(11)7-4-3-5-8(10)9(7)12-2/h3-6,11H,10H2,1-2H3/t6-/m0/s1. The Bertz CT molecular complexity index is 271. The molecule has 3 heteroatoms. The van der Waals surface area contributed by atoms with Crippen LogP contribution >= 0.6 is 0 Å². The van der Waals surface area contributed by atoms with Crippen LogP contribution in [0.2, 0.25) is 0 Å². The van der Waals surface area contributed by atoms with Crippen molar-refractivity contribution in [2.24, 2.45) is 0 Å². The van der Waals surface area contributed by atoms with Crippen LogP contribution in [-0.4, -0.2) is 20.1 Å². The van der Waals surface area contributed by atoms with Crippen molar-refractivity contribution in [2.75, 3.05) is 7.11 Å². The third-order valence-electron chi connectivity index (χ3n) is 1.90. The van der Waals surface area contributed by atoms with Crippen LogP contribution < -0.4 is 10.2 Å². The van der Waals surface area contributed by atoms with Crippen molar-refractivity contribution >= 4 is 13.3 Å². The highest BCUT2D eigenvalue weighted by Gasteiger charge is 2.09. The average Bonchev–Trinajstić information content (AvgIpc) is 2.03. The Kier molecular flexibility index (Phi) is 2.76. The Hall–Kier alpha value is -0.955. The van der Waals surface area contributed by atoms with E-state index in [2.05, 4.69) is 0 Å². The molecule has 0 unspecified atom stereocenters. The Balaban J connectivity index is 3.18. The van der Waals surface area contributed by atoms with E-state index in [0.717, 1.165) is 16.8 Å². The van der Waals surface area contributed by atoms with Gasteiger partial charge in [-0.3, -0.25) is 0 Å². The van der Waals surface area contributed by atoms with Gasteiger partial charge in [0.2, 0.25) is 0 Å². The number of methoxy groups -OCH3 is 1. The zero-order chi connectivity index (χ0) is 9.14. The molecule has 0 aliphatic heterocycles. The van der Waals surface area contributed by atoms with E-state index in [-0.39, 0.29) is 0 Å². The van der Waals surface area contributed by atoms with Gasteiger partial charge in [0.1, 0.15) is 13.6 Å². The first-order valence-electron chi connectivity index (χ1n) is 3.98. The molecule has 1 atom stereocenters. The van der Waals surface area contributed by atoms with E-state index in [1.807, 2.05) is 26.0 Å². The van der Waals surface area contributed by atoms with Gasteiger partial charge in [-0.05, 0) is 12.4 Å². The Morgan fingerprint density at radius 3 is 2.58 bits per heavy atom. The first kappa shape index (κ1) is 9.14.